The lowest BCUT2D eigenvalue weighted by Crippen LogP contribution is -2.39. The van der Waals surface area contributed by atoms with Gasteiger partial charge >= 0.3 is 0 Å². The first kappa shape index (κ1) is 14.5. The topological polar surface area (TPSA) is 108 Å². The number of rotatable bonds is 5. The van der Waals surface area contributed by atoms with E-state index in [2.05, 4.69) is 20.0 Å². The van der Waals surface area contributed by atoms with Crippen LogP contribution in [0, 0.1) is 0 Å². The number of amidine groups is 1. The second-order valence-corrected chi connectivity index (χ2v) is 4.95. The molecule has 1 aliphatic rings. The van der Waals surface area contributed by atoms with Crippen LogP contribution >= 0.6 is 0 Å². The summed E-state index contributed by atoms with van der Waals surface area (Å²) in [6, 6.07) is 0.403. The van der Waals surface area contributed by atoms with Crippen LogP contribution in [0.1, 0.15) is 37.8 Å². The minimum atomic E-state index is -0.0598. The van der Waals surface area contributed by atoms with E-state index in [1.54, 1.807) is 6.20 Å². The molecule has 1 fully saturated rings. The predicted octanol–water partition coefficient (Wildman–Crippen LogP) is 0.702. The van der Waals surface area contributed by atoms with E-state index in [1.807, 2.05) is 0 Å². The Morgan fingerprint density at radius 3 is 2.60 bits per heavy atom. The monoisotopic (exact) mass is 279 g/mol. The van der Waals surface area contributed by atoms with E-state index in [0.29, 0.717) is 18.3 Å². The number of hydrogen-bond donors (Lipinski definition) is 3. The van der Waals surface area contributed by atoms with Gasteiger partial charge in [-0.1, -0.05) is 24.4 Å². The second kappa shape index (κ2) is 7.04. The van der Waals surface area contributed by atoms with Crippen molar-refractivity contribution < 1.29 is 10.3 Å². The van der Waals surface area contributed by atoms with Gasteiger partial charge in [0.1, 0.15) is 11.5 Å². The first-order chi connectivity index (χ1) is 9.76. The molecule has 1 aromatic heterocycles. The van der Waals surface area contributed by atoms with E-state index in [1.165, 1.54) is 25.5 Å². The molecule has 0 unspecified atom stereocenters. The van der Waals surface area contributed by atoms with Gasteiger partial charge in [-0.05, 0) is 12.8 Å². The summed E-state index contributed by atoms with van der Waals surface area (Å²) >= 11 is 0. The lowest BCUT2D eigenvalue weighted by Gasteiger charge is -2.34. The summed E-state index contributed by atoms with van der Waals surface area (Å²) in [7, 11) is 0. The standard InChI is InChI=1S/C13H21N5O2/c14-13(17-20)11-8-16-12(9-15-11)18(6-7-19)10-4-2-1-3-5-10/h8-10,19-20H,1-7H2,(H2,14,17). The Balaban J connectivity index is 2.16. The third kappa shape index (κ3) is 3.36. The first-order valence-corrected chi connectivity index (χ1v) is 6.93. The third-order valence-corrected chi connectivity index (χ3v) is 3.66. The van der Waals surface area contributed by atoms with Gasteiger partial charge in [0, 0.05) is 12.6 Å². The summed E-state index contributed by atoms with van der Waals surface area (Å²) in [4.78, 5) is 10.6. The molecule has 0 radical (unpaired) electrons. The van der Waals surface area contributed by atoms with Crippen molar-refractivity contribution in [1.29, 1.82) is 0 Å². The van der Waals surface area contributed by atoms with Gasteiger partial charge in [-0.2, -0.15) is 0 Å². The maximum Gasteiger partial charge on any atom is 0.190 e. The normalized spacial score (nSPS) is 17.1. The zero-order valence-electron chi connectivity index (χ0n) is 11.4. The van der Waals surface area contributed by atoms with E-state index in [0.717, 1.165) is 18.7 Å². The summed E-state index contributed by atoms with van der Waals surface area (Å²) in [5, 5.41) is 20.8. The highest BCUT2D eigenvalue weighted by atomic mass is 16.4. The van der Waals surface area contributed by atoms with Crippen LogP contribution in [0.15, 0.2) is 17.5 Å². The molecule has 110 valence electrons. The number of hydrogen-bond acceptors (Lipinski definition) is 6. The van der Waals surface area contributed by atoms with Crippen molar-refractivity contribution in [3.05, 3.63) is 18.1 Å². The molecule has 4 N–H and O–H groups in total. The van der Waals surface area contributed by atoms with Crippen molar-refractivity contribution in [2.45, 2.75) is 38.1 Å². The van der Waals surface area contributed by atoms with Crippen LogP contribution in [0.5, 0.6) is 0 Å². The fourth-order valence-corrected chi connectivity index (χ4v) is 2.64. The molecule has 0 spiro atoms. The largest absolute Gasteiger partial charge is 0.409 e. The van der Waals surface area contributed by atoms with Crippen LogP contribution < -0.4 is 10.6 Å². The highest BCUT2D eigenvalue weighted by Crippen LogP contribution is 2.25. The van der Waals surface area contributed by atoms with Gasteiger partial charge in [0.25, 0.3) is 0 Å². The number of aliphatic hydroxyl groups excluding tert-OH is 1. The Morgan fingerprint density at radius 2 is 2.05 bits per heavy atom. The zero-order valence-corrected chi connectivity index (χ0v) is 11.4. The predicted molar refractivity (Wildman–Crippen MR) is 75.8 cm³/mol. The van der Waals surface area contributed by atoms with Crippen LogP contribution in [0.4, 0.5) is 5.82 Å². The highest BCUT2D eigenvalue weighted by Gasteiger charge is 2.22. The van der Waals surface area contributed by atoms with Gasteiger partial charge in [-0.25, -0.2) is 9.97 Å². The molecule has 1 aliphatic carbocycles. The van der Waals surface area contributed by atoms with Gasteiger partial charge in [0.2, 0.25) is 0 Å². The molecule has 0 amide bonds. The number of anilines is 1. The van der Waals surface area contributed by atoms with E-state index in [4.69, 9.17) is 10.9 Å². The summed E-state index contributed by atoms with van der Waals surface area (Å²) < 4.78 is 0. The molecule has 0 saturated heterocycles. The fourth-order valence-electron chi connectivity index (χ4n) is 2.64. The second-order valence-electron chi connectivity index (χ2n) is 4.95. The molecule has 7 nitrogen and oxygen atoms in total. The molecule has 7 heteroatoms. The first-order valence-electron chi connectivity index (χ1n) is 6.93. The quantitative estimate of drug-likeness (QED) is 0.317. The van der Waals surface area contributed by atoms with Crippen molar-refractivity contribution in [2.24, 2.45) is 10.9 Å². The summed E-state index contributed by atoms with van der Waals surface area (Å²) in [5.74, 6) is 0.663. The van der Waals surface area contributed by atoms with Crippen molar-refractivity contribution in [2.75, 3.05) is 18.1 Å². The molecular weight excluding hydrogens is 258 g/mol. The molecule has 1 heterocycles. The molecule has 2 rings (SSSR count). The van der Waals surface area contributed by atoms with Crippen LogP contribution in [0.2, 0.25) is 0 Å². The number of oxime groups is 1. The smallest absolute Gasteiger partial charge is 0.190 e. The van der Waals surface area contributed by atoms with Gasteiger partial charge in [-0.3, -0.25) is 0 Å². The summed E-state index contributed by atoms with van der Waals surface area (Å²) in [6.45, 7) is 0.627. The summed E-state index contributed by atoms with van der Waals surface area (Å²) in [5.41, 5.74) is 5.80. The van der Waals surface area contributed by atoms with Crippen molar-refractivity contribution in [3.63, 3.8) is 0 Å². The van der Waals surface area contributed by atoms with Gasteiger partial charge in [0.15, 0.2) is 5.84 Å². The van der Waals surface area contributed by atoms with E-state index >= 15 is 0 Å². The van der Waals surface area contributed by atoms with Crippen molar-refractivity contribution in [1.82, 2.24) is 9.97 Å². The Kier molecular flexibility index (Phi) is 5.11. The maximum atomic E-state index is 9.25. The molecule has 20 heavy (non-hydrogen) atoms. The van der Waals surface area contributed by atoms with Crippen LogP contribution in [0.3, 0.4) is 0 Å². The molecule has 0 aliphatic heterocycles. The van der Waals surface area contributed by atoms with Crippen molar-refractivity contribution >= 4 is 11.7 Å². The minimum absolute atomic E-state index is 0.0598. The van der Waals surface area contributed by atoms with Gasteiger partial charge in [-0.15, -0.1) is 0 Å². The van der Waals surface area contributed by atoms with Crippen LogP contribution in [0.25, 0.3) is 0 Å². The Labute approximate surface area is 118 Å². The average molecular weight is 279 g/mol. The van der Waals surface area contributed by atoms with Gasteiger partial charge < -0.3 is 20.9 Å². The molecular formula is C13H21N5O2. The molecule has 0 aromatic carbocycles. The van der Waals surface area contributed by atoms with E-state index in [9.17, 15) is 5.11 Å². The minimum Gasteiger partial charge on any atom is -0.409 e. The third-order valence-electron chi connectivity index (χ3n) is 3.66. The Bertz CT molecular complexity index is 443. The maximum absolute atomic E-state index is 9.25. The number of aromatic nitrogens is 2. The Hall–Kier alpha value is -1.89. The lowest BCUT2D eigenvalue weighted by molar-refractivity contribution is 0.289. The van der Waals surface area contributed by atoms with Crippen LogP contribution in [-0.2, 0) is 0 Å². The SMILES string of the molecule is NC(=NO)c1cnc(N(CCO)C2CCCCC2)cn1. The Morgan fingerprint density at radius 1 is 1.30 bits per heavy atom. The average Bonchev–Trinajstić information content (AvgIpc) is 2.53. The van der Waals surface area contributed by atoms with Crippen LogP contribution in [-0.4, -0.2) is 45.3 Å². The van der Waals surface area contributed by atoms with Crippen molar-refractivity contribution in [3.8, 4) is 0 Å². The van der Waals surface area contributed by atoms with E-state index in [-0.39, 0.29) is 12.4 Å². The molecule has 0 bridgehead atoms. The molecule has 0 atom stereocenters. The number of aliphatic hydroxyl groups is 1. The number of nitrogens with zero attached hydrogens (tertiary/aromatic N) is 4. The van der Waals surface area contributed by atoms with E-state index < -0.39 is 0 Å². The summed E-state index contributed by atoms with van der Waals surface area (Å²) in [6.07, 6.45) is 9.02. The number of nitrogens with two attached hydrogens (primary N) is 1. The lowest BCUT2D eigenvalue weighted by atomic mass is 9.94. The fraction of sp³-hybridized carbons (Fsp3) is 0.615. The molecule has 1 saturated carbocycles. The zero-order chi connectivity index (χ0) is 14.4. The van der Waals surface area contributed by atoms with Gasteiger partial charge in [0.05, 0.1) is 19.0 Å². The highest BCUT2D eigenvalue weighted by molar-refractivity contribution is 5.94. The molecule has 1 aromatic rings.